The molecule has 0 spiro atoms. The third-order valence-corrected chi connectivity index (χ3v) is 16.2. The molecule has 0 aliphatic rings. The van der Waals surface area contributed by atoms with Gasteiger partial charge in [-0.3, -0.25) is 0 Å². The van der Waals surface area contributed by atoms with Gasteiger partial charge in [0.1, 0.15) is 40.2 Å². The molecular formula is C87H104O22. The van der Waals surface area contributed by atoms with Crippen molar-refractivity contribution in [2.45, 2.75) is 136 Å². The third-order valence-electron chi connectivity index (χ3n) is 16.2. The van der Waals surface area contributed by atoms with Crippen LogP contribution in [0.2, 0.25) is 0 Å². The van der Waals surface area contributed by atoms with Gasteiger partial charge in [0.05, 0.1) is 76.7 Å². The zero-order valence-electron chi connectivity index (χ0n) is 63.2. The van der Waals surface area contributed by atoms with E-state index >= 15 is 0 Å². The number of esters is 9. The molecule has 0 bridgehead atoms. The van der Waals surface area contributed by atoms with Gasteiger partial charge in [-0.05, 0) is 215 Å². The first-order chi connectivity index (χ1) is 52.7. The molecule has 22 heteroatoms. The van der Waals surface area contributed by atoms with Crippen LogP contribution in [-0.2, 0) is 57.2 Å². The van der Waals surface area contributed by atoms with Gasteiger partial charge in [0, 0.05) is 30.4 Å². The van der Waals surface area contributed by atoms with Crippen molar-refractivity contribution in [1.82, 2.24) is 0 Å². The number of hydrogen-bond donors (Lipinski definition) is 0. The Balaban J connectivity index is 0.000000393. The van der Waals surface area contributed by atoms with Crippen molar-refractivity contribution in [3.05, 3.63) is 226 Å². The molecular weight excluding hydrogens is 1400 g/mol. The van der Waals surface area contributed by atoms with E-state index in [-0.39, 0.29) is 5.97 Å². The Morgan fingerprint density at radius 3 is 0.862 bits per heavy atom. The number of methoxy groups -OCH3 is 1. The smallest absolute Gasteiger partial charge is 0.346 e. The van der Waals surface area contributed by atoms with Crippen LogP contribution >= 0.6 is 0 Å². The molecule has 0 N–H and O–H groups in total. The van der Waals surface area contributed by atoms with E-state index in [1.807, 2.05) is 36.4 Å². The molecule has 0 aromatic heterocycles. The number of ether oxygens (including phenoxy) is 13. The van der Waals surface area contributed by atoms with Gasteiger partial charge >= 0.3 is 53.7 Å². The second-order valence-corrected chi connectivity index (χ2v) is 24.9. The van der Waals surface area contributed by atoms with Crippen molar-refractivity contribution < 1.29 is 105 Å². The average Bonchev–Trinajstić information content (AvgIpc) is 0.849. The van der Waals surface area contributed by atoms with E-state index in [9.17, 15) is 43.2 Å². The first kappa shape index (κ1) is 89.8. The van der Waals surface area contributed by atoms with E-state index in [1.165, 1.54) is 45.3 Å². The lowest BCUT2D eigenvalue weighted by molar-refractivity contribution is -0.148. The van der Waals surface area contributed by atoms with Crippen LogP contribution in [0.15, 0.2) is 209 Å². The van der Waals surface area contributed by atoms with Crippen LogP contribution in [0.1, 0.15) is 161 Å². The van der Waals surface area contributed by atoms with Crippen molar-refractivity contribution in [3.63, 3.8) is 0 Å². The van der Waals surface area contributed by atoms with Gasteiger partial charge in [0.25, 0.3) is 0 Å². The van der Waals surface area contributed by atoms with Crippen LogP contribution in [0.3, 0.4) is 0 Å². The Kier molecular flexibility index (Phi) is 44.6. The van der Waals surface area contributed by atoms with Gasteiger partial charge in [0.15, 0.2) is 6.10 Å². The predicted molar refractivity (Wildman–Crippen MR) is 414 cm³/mol. The second kappa shape index (κ2) is 54.1. The molecule has 109 heavy (non-hydrogen) atoms. The molecule has 0 saturated heterocycles. The van der Waals surface area contributed by atoms with E-state index in [0.29, 0.717) is 129 Å². The molecule has 0 saturated carbocycles. The van der Waals surface area contributed by atoms with Crippen LogP contribution in [0.4, 0.5) is 0 Å². The molecule has 0 aliphatic carbocycles. The minimum absolute atomic E-state index is 0.301. The highest BCUT2D eigenvalue weighted by Gasteiger charge is 2.17. The number of unbranched alkanes of at least 4 members (excludes halogenated alkanes) is 9. The Labute approximate surface area is 640 Å². The fraction of sp³-hybridized carbons (Fsp3) is 0.368. The maximum Gasteiger partial charge on any atom is 0.346 e. The summed E-state index contributed by atoms with van der Waals surface area (Å²) < 4.78 is 68.5. The van der Waals surface area contributed by atoms with E-state index in [1.54, 1.807) is 116 Å². The molecule has 6 aromatic carbocycles. The van der Waals surface area contributed by atoms with Gasteiger partial charge in [-0.15, -0.1) is 0 Å². The summed E-state index contributed by atoms with van der Waals surface area (Å²) in [5.41, 5.74) is 3.16. The van der Waals surface area contributed by atoms with Crippen LogP contribution in [0, 0.1) is 11.8 Å². The summed E-state index contributed by atoms with van der Waals surface area (Å²) in [5.74, 6) is 0.327. The van der Waals surface area contributed by atoms with Crippen LogP contribution in [0.25, 0.3) is 11.1 Å². The third kappa shape index (κ3) is 39.6. The van der Waals surface area contributed by atoms with Crippen molar-refractivity contribution in [2.24, 2.45) is 11.8 Å². The van der Waals surface area contributed by atoms with E-state index in [0.717, 1.165) is 105 Å². The number of benzene rings is 6. The molecule has 0 amide bonds. The number of carbonyl (C=O) groups excluding carboxylic acids is 9. The average molecular weight is 1500 g/mol. The van der Waals surface area contributed by atoms with Crippen molar-refractivity contribution in [1.29, 1.82) is 0 Å². The van der Waals surface area contributed by atoms with Crippen LogP contribution < -0.4 is 33.2 Å². The summed E-state index contributed by atoms with van der Waals surface area (Å²) in [5, 5.41) is 0. The van der Waals surface area contributed by atoms with Crippen LogP contribution in [0.5, 0.6) is 40.2 Å². The summed E-state index contributed by atoms with van der Waals surface area (Å²) in [7, 11) is 1.30. The lowest BCUT2D eigenvalue weighted by Crippen LogP contribution is -2.24. The van der Waals surface area contributed by atoms with Crippen molar-refractivity contribution >= 4 is 53.7 Å². The maximum atomic E-state index is 12.7. The number of hydrogen-bond acceptors (Lipinski definition) is 22. The Bertz CT molecular complexity index is 3610. The molecule has 0 fully saturated rings. The Morgan fingerprint density at radius 2 is 0.541 bits per heavy atom. The summed E-state index contributed by atoms with van der Waals surface area (Å²) >= 11 is 0. The summed E-state index contributed by atoms with van der Waals surface area (Å²) in [6.07, 6.45) is 21.6. The molecule has 0 aliphatic heterocycles. The van der Waals surface area contributed by atoms with Crippen molar-refractivity contribution in [3.8, 4) is 51.4 Å². The van der Waals surface area contributed by atoms with Gasteiger partial charge in [-0.25, -0.2) is 43.2 Å². The predicted octanol–water partition coefficient (Wildman–Crippen LogP) is 17.3. The number of rotatable bonds is 49. The van der Waals surface area contributed by atoms with Gasteiger partial charge in [0.2, 0.25) is 0 Å². The fourth-order valence-corrected chi connectivity index (χ4v) is 9.90. The fourth-order valence-electron chi connectivity index (χ4n) is 9.90. The lowest BCUT2D eigenvalue weighted by atomic mass is 10.0. The molecule has 3 atom stereocenters. The minimum atomic E-state index is -0.742. The molecule has 6 aromatic rings. The quantitative estimate of drug-likeness (QED) is 0.0113. The van der Waals surface area contributed by atoms with Crippen LogP contribution in [-0.4, -0.2) is 120 Å². The molecule has 0 heterocycles. The molecule has 3 unspecified atom stereocenters. The zero-order chi connectivity index (χ0) is 79.2. The second-order valence-electron chi connectivity index (χ2n) is 24.9. The molecule has 6 rings (SSSR count). The minimum Gasteiger partial charge on any atom is -0.494 e. The van der Waals surface area contributed by atoms with Crippen molar-refractivity contribution in [2.75, 3.05) is 60.0 Å². The molecule has 0 radical (unpaired) electrons. The van der Waals surface area contributed by atoms with E-state index < -0.39 is 53.9 Å². The highest BCUT2D eigenvalue weighted by Crippen LogP contribution is 2.27. The largest absolute Gasteiger partial charge is 0.494 e. The van der Waals surface area contributed by atoms with Gasteiger partial charge in [-0.2, -0.15) is 0 Å². The molecule has 584 valence electrons. The summed E-state index contributed by atoms with van der Waals surface area (Å²) in [6.45, 7) is 26.1. The standard InChI is InChI=1S/C40H46O10.C37H44O8.C10H14O4/c1-5-37(41)47-25-7-9-29(3)23-27-45-33-15-11-31(12-16-33)39(43)49-35-19-21-36(22-20-35)50-40(44)32-13-17-34(18-14-32)46-28-24-30(4)10-8-26-48-38(42)6-2;1-4-35(38)43-27-13-11-9-7-5-6-8-10-12-26-42-32-20-18-30(19-21-32)29-14-16-31(17-15-29)37(40)45-34-24-22-33(23-25-34)44-28(2)36(39)41-3;1-3-9(11)13-7-5-6-8-14-10(12)4-2/h5-6,11-22,29-30H,1-2,7-10,23-28H2,3-4H3;4,14-25,28H,1,5-13,26-27H2,2-3H3;3-4H,1-2,5-8H2. The highest BCUT2D eigenvalue weighted by molar-refractivity contribution is 5.93. The Hall–Kier alpha value is -11.6. The first-order valence-electron chi connectivity index (χ1n) is 36.6. The van der Waals surface area contributed by atoms with E-state index in [2.05, 4.69) is 51.5 Å². The first-order valence-corrected chi connectivity index (χ1v) is 36.6. The van der Waals surface area contributed by atoms with Gasteiger partial charge < -0.3 is 61.6 Å². The zero-order valence-corrected chi connectivity index (χ0v) is 63.2. The summed E-state index contributed by atoms with van der Waals surface area (Å²) in [6, 6.07) is 41.3. The SMILES string of the molecule is C=CC(=O)OCCCC(C)CCOc1ccc(C(=O)Oc2ccc(OC(=O)c3ccc(OCCC(C)CCCOC(=O)C=C)cc3)cc2)cc1.C=CC(=O)OCCCCCCCCCCCOc1ccc(-c2ccc(C(=O)Oc3ccc(OC(C)C(=O)OC)cc3)cc2)cc1.C=CC(=O)OCCCCOC(=O)C=C. The topological polar surface area (TPSA) is 274 Å². The summed E-state index contributed by atoms with van der Waals surface area (Å²) in [4.78, 5) is 104. The molecule has 22 nitrogen and oxygen atoms in total. The highest BCUT2D eigenvalue weighted by atomic mass is 16.6. The van der Waals surface area contributed by atoms with E-state index in [4.69, 9.17) is 56.8 Å². The monoisotopic (exact) mass is 1500 g/mol. The Morgan fingerprint density at radius 1 is 0.294 bits per heavy atom. The maximum absolute atomic E-state index is 12.7. The number of carbonyl (C=O) groups is 9. The normalized spacial score (nSPS) is 11.2. The lowest BCUT2D eigenvalue weighted by Gasteiger charge is -2.13. The van der Waals surface area contributed by atoms with Gasteiger partial charge in [-0.1, -0.05) is 116 Å².